The van der Waals surface area contributed by atoms with Crippen LogP contribution in [0.3, 0.4) is 0 Å². The fourth-order valence-electron chi connectivity index (χ4n) is 0. The second kappa shape index (κ2) is 32.3. The van der Waals surface area contributed by atoms with E-state index in [0.29, 0.717) is 0 Å². The molecule has 0 saturated heterocycles. The van der Waals surface area contributed by atoms with E-state index in [1.54, 1.807) is 0 Å². The highest BCUT2D eigenvalue weighted by Crippen LogP contribution is 1.82. The lowest BCUT2D eigenvalue weighted by atomic mass is 10.4. The van der Waals surface area contributed by atoms with Crippen LogP contribution in [-0.2, 0) is 19.2 Å². The maximum atomic E-state index is 9.60. The van der Waals surface area contributed by atoms with Gasteiger partial charge in [-0.2, -0.15) is 0 Å². The van der Waals surface area contributed by atoms with Gasteiger partial charge in [-0.15, -0.1) is 0 Å². The molecule has 0 fully saturated rings. The van der Waals surface area contributed by atoms with Crippen molar-refractivity contribution in [2.45, 2.75) is 27.7 Å². The summed E-state index contributed by atoms with van der Waals surface area (Å²) in [6.45, 7) is 17.9. The van der Waals surface area contributed by atoms with E-state index in [-0.39, 0.29) is 48.7 Å². The number of rotatable bonds is 6. The molecule has 32 heavy (non-hydrogen) atoms. The highest BCUT2D eigenvalue weighted by atomic mass is 16.4. The summed E-state index contributed by atoms with van der Waals surface area (Å²) in [6.07, 6.45) is 0. The summed E-state index contributed by atoms with van der Waals surface area (Å²) in [7, 11) is 0. The van der Waals surface area contributed by atoms with Crippen LogP contribution >= 0.6 is 0 Å². The topological polar surface area (TPSA) is 230 Å². The summed E-state index contributed by atoms with van der Waals surface area (Å²) in [5.41, 5.74) is 0.704. The molecule has 0 aliphatic carbocycles. The maximum Gasteiger partial charge on any atom is 0.330 e. The van der Waals surface area contributed by atoms with Gasteiger partial charge in [-0.25, -0.2) is 19.2 Å². The summed E-state index contributed by atoms with van der Waals surface area (Å²) in [5.74, 6) is -3.74. The summed E-state index contributed by atoms with van der Waals surface area (Å²) in [4.78, 5) is 38.4. The van der Waals surface area contributed by atoms with Gasteiger partial charge < -0.3 is 40.9 Å². The van der Waals surface area contributed by atoms with Gasteiger partial charge in [-0.1, -0.05) is 26.3 Å². The smallest absolute Gasteiger partial charge is 0.330 e. The van der Waals surface area contributed by atoms with Gasteiger partial charge in [-0.3, -0.25) is 0 Å². The zero-order chi connectivity index (χ0) is 27.4. The van der Waals surface area contributed by atoms with E-state index in [4.69, 9.17) is 40.9 Å². The fourth-order valence-corrected chi connectivity index (χ4v) is 0. The molecule has 0 radical (unpaired) electrons. The molecule has 0 rings (SSSR count). The van der Waals surface area contributed by atoms with Crippen molar-refractivity contribution >= 4 is 23.9 Å². The van der Waals surface area contributed by atoms with Gasteiger partial charge in [0.05, 0.1) is 26.4 Å². The van der Waals surface area contributed by atoms with Crippen molar-refractivity contribution in [3.8, 4) is 0 Å². The molecule has 0 unspecified atom stereocenters. The molecule has 0 aliphatic rings. The van der Waals surface area contributed by atoms with E-state index in [0.717, 1.165) is 0 Å². The number of hydrogen-bond acceptors (Lipinski definition) is 8. The first-order valence-corrected chi connectivity index (χ1v) is 8.39. The van der Waals surface area contributed by atoms with E-state index < -0.39 is 23.9 Å². The maximum absolute atomic E-state index is 9.60. The van der Waals surface area contributed by atoms with Crippen molar-refractivity contribution in [2.24, 2.45) is 0 Å². The van der Waals surface area contributed by atoms with Crippen LogP contribution in [-0.4, -0.2) is 91.2 Å². The van der Waals surface area contributed by atoms with Crippen LogP contribution in [0.15, 0.2) is 48.6 Å². The number of aliphatic carboxylic acids is 4. The fraction of sp³-hybridized carbons (Fsp3) is 0.400. The normalized spacial score (nSPS) is 7.50. The SMILES string of the molecule is C=C(C)C(=O)O.C=C(C)C(=O)O.C=C(C)C(=O)O.C=C(C)C(=O)O.OCCO.OCCO. The standard InChI is InChI=1S/4C4H6O2.2C2H6O2/c4*1-3(2)4(5)6;2*3-1-2-4/h4*1H2,2H3,(H,5,6);2*3-4H,1-2H2. The van der Waals surface area contributed by atoms with Crippen molar-refractivity contribution in [3.05, 3.63) is 48.6 Å². The highest BCUT2D eigenvalue weighted by molar-refractivity contribution is 5.85. The molecular weight excluding hydrogens is 432 g/mol. The Morgan fingerprint density at radius 2 is 0.500 bits per heavy atom. The van der Waals surface area contributed by atoms with Crippen LogP contribution in [0.5, 0.6) is 0 Å². The van der Waals surface area contributed by atoms with Gasteiger partial charge in [0.1, 0.15) is 0 Å². The third-order valence-electron chi connectivity index (χ3n) is 1.66. The summed E-state index contributed by atoms with van der Waals surface area (Å²) in [6, 6.07) is 0. The third kappa shape index (κ3) is 81.6. The minimum atomic E-state index is -0.935. The third-order valence-corrected chi connectivity index (χ3v) is 1.66. The van der Waals surface area contributed by atoms with Gasteiger partial charge in [0.2, 0.25) is 0 Å². The van der Waals surface area contributed by atoms with Crippen LogP contribution < -0.4 is 0 Å². The largest absolute Gasteiger partial charge is 0.478 e. The Morgan fingerprint density at radius 3 is 0.500 bits per heavy atom. The lowest BCUT2D eigenvalue weighted by molar-refractivity contribution is -0.133. The van der Waals surface area contributed by atoms with Crippen LogP contribution in [0.4, 0.5) is 0 Å². The molecule has 0 atom stereocenters. The number of carboxylic acids is 4. The van der Waals surface area contributed by atoms with Crippen molar-refractivity contribution in [2.75, 3.05) is 26.4 Å². The monoisotopic (exact) mass is 468 g/mol. The van der Waals surface area contributed by atoms with Crippen LogP contribution in [0.25, 0.3) is 0 Å². The molecule has 0 aromatic rings. The van der Waals surface area contributed by atoms with Gasteiger partial charge in [-0.05, 0) is 27.7 Å². The molecule has 0 saturated carbocycles. The average molecular weight is 468 g/mol. The van der Waals surface area contributed by atoms with Crippen molar-refractivity contribution in [1.82, 2.24) is 0 Å². The summed E-state index contributed by atoms with van der Waals surface area (Å²) < 4.78 is 0. The quantitative estimate of drug-likeness (QED) is 0.249. The number of carbonyl (C=O) groups is 4. The van der Waals surface area contributed by atoms with E-state index in [1.165, 1.54) is 27.7 Å². The zero-order valence-corrected chi connectivity index (χ0v) is 18.9. The zero-order valence-electron chi connectivity index (χ0n) is 18.9. The van der Waals surface area contributed by atoms with Crippen molar-refractivity contribution in [3.63, 3.8) is 0 Å². The lowest BCUT2D eigenvalue weighted by Crippen LogP contribution is -1.92. The van der Waals surface area contributed by atoms with E-state index in [2.05, 4.69) is 26.3 Å². The lowest BCUT2D eigenvalue weighted by Gasteiger charge is -1.79. The van der Waals surface area contributed by atoms with Gasteiger partial charge in [0, 0.05) is 22.3 Å². The molecule has 12 nitrogen and oxygen atoms in total. The van der Waals surface area contributed by atoms with Gasteiger partial charge in [0.25, 0.3) is 0 Å². The van der Waals surface area contributed by atoms with Crippen molar-refractivity contribution in [1.29, 1.82) is 0 Å². The summed E-state index contributed by atoms with van der Waals surface area (Å²) >= 11 is 0. The van der Waals surface area contributed by atoms with E-state index >= 15 is 0 Å². The first-order valence-electron chi connectivity index (χ1n) is 8.39. The Balaban J connectivity index is -0.0000000639. The predicted molar refractivity (Wildman–Crippen MR) is 118 cm³/mol. The second-order valence-corrected chi connectivity index (χ2v) is 5.24. The molecule has 12 heteroatoms. The van der Waals surface area contributed by atoms with E-state index in [9.17, 15) is 19.2 Å². The number of hydrogen-bond donors (Lipinski definition) is 8. The molecule has 8 N–H and O–H groups in total. The Kier molecular flexibility index (Phi) is 43.2. The van der Waals surface area contributed by atoms with Crippen LogP contribution in [0, 0.1) is 0 Å². The minimum Gasteiger partial charge on any atom is -0.478 e. The summed E-state index contributed by atoms with van der Waals surface area (Å²) in [5, 5.41) is 62.1. The predicted octanol–water partition coefficient (Wildman–Crippen LogP) is 0.530. The Bertz CT molecular complexity index is 439. The average Bonchev–Trinajstić information content (AvgIpc) is 2.69. The Hall–Kier alpha value is -3.32. The second-order valence-electron chi connectivity index (χ2n) is 5.24. The Labute approximate surface area is 187 Å². The van der Waals surface area contributed by atoms with Crippen LogP contribution in [0.2, 0.25) is 0 Å². The number of carboxylic acid groups (broad SMARTS) is 4. The van der Waals surface area contributed by atoms with Crippen LogP contribution in [0.1, 0.15) is 27.7 Å². The molecule has 0 amide bonds. The number of aliphatic hydroxyl groups is 4. The van der Waals surface area contributed by atoms with Crippen molar-refractivity contribution < 1.29 is 60.0 Å². The first kappa shape index (κ1) is 42.7. The molecule has 0 aromatic carbocycles. The molecule has 0 aliphatic heterocycles. The molecule has 0 spiro atoms. The highest BCUT2D eigenvalue weighted by Gasteiger charge is 1.91. The first-order chi connectivity index (χ1) is 14.4. The molecule has 0 aromatic heterocycles. The van der Waals surface area contributed by atoms with Gasteiger partial charge in [0.15, 0.2) is 0 Å². The molecule has 188 valence electrons. The van der Waals surface area contributed by atoms with Gasteiger partial charge >= 0.3 is 23.9 Å². The number of aliphatic hydroxyl groups excluding tert-OH is 4. The Morgan fingerprint density at radius 1 is 0.438 bits per heavy atom. The molecular formula is C20H36O12. The molecule has 0 heterocycles. The molecule has 0 bridgehead atoms. The minimum absolute atomic E-state index is 0.125. The van der Waals surface area contributed by atoms with E-state index in [1.807, 2.05) is 0 Å².